The van der Waals surface area contributed by atoms with Crippen LogP contribution in [0, 0.1) is 0 Å². The van der Waals surface area contributed by atoms with Crippen LogP contribution in [0.3, 0.4) is 0 Å². The largest absolute Gasteiger partial charge is 0.309 e. The summed E-state index contributed by atoms with van der Waals surface area (Å²) in [6.45, 7) is 0. The van der Waals surface area contributed by atoms with E-state index in [0.717, 1.165) is 0 Å². The van der Waals surface area contributed by atoms with Gasteiger partial charge < -0.3 is 4.57 Å². The van der Waals surface area contributed by atoms with E-state index in [4.69, 9.17) is 0 Å². The second-order valence-electron chi connectivity index (χ2n) is 12.1. The molecule has 210 valence electrons. The Hall–Kier alpha value is -5.31. The average Bonchev–Trinajstić information content (AvgIpc) is 3.45. The molecule has 0 saturated carbocycles. The standard InChI is InChI=1S/C43H27NS/c1-3-13-28(14-4-1)30-23-24-38-32(25-30)33-26-31(29-15-5-2-6-16-29)27-37-42(33)44(38)39-20-10-7-17-34(39)43(37)35-18-8-11-21-40(35)45-41-22-12-9-19-36(41)43/h1-27H. The predicted octanol–water partition coefficient (Wildman–Crippen LogP) is 11.3. The highest BCUT2D eigenvalue weighted by Gasteiger charge is 2.49. The maximum absolute atomic E-state index is 2.54. The first-order chi connectivity index (χ1) is 22.3. The molecule has 2 heteroatoms. The van der Waals surface area contributed by atoms with Gasteiger partial charge in [-0.15, -0.1) is 0 Å². The smallest absolute Gasteiger partial charge is 0.0764 e. The highest BCUT2D eigenvalue weighted by atomic mass is 32.2. The molecule has 1 nitrogen and oxygen atoms in total. The zero-order valence-electron chi connectivity index (χ0n) is 24.4. The van der Waals surface area contributed by atoms with Gasteiger partial charge in [-0.1, -0.05) is 133 Å². The Morgan fingerprint density at radius 3 is 1.64 bits per heavy atom. The molecule has 3 heterocycles. The molecule has 10 rings (SSSR count). The van der Waals surface area contributed by atoms with Gasteiger partial charge in [0.15, 0.2) is 0 Å². The van der Waals surface area contributed by atoms with E-state index in [9.17, 15) is 0 Å². The number of aromatic nitrogens is 1. The summed E-state index contributed by atoms with van der Waals surface area (Å²) in [6.07, 6.45) is 0. The van der Waals surface area contributed by atoms with Crippen LogP contribution in [0.15, 0.2) is 174 Å². The van der Waals surface area contributed by atoms with Crippen molar-refractivity contribution < 1.29 is 0 Å². The van der Waals surface area contributed by atoms with Crippen LogP contribution in [0.25, 0.3) is 49.7 Å². The summed E-state index contributed by atoms with van der Waals surface area (Å²) in [5, 5.41) is 2.57. The van der Waals surface area contributed by atoms with Crippen molar-refractivity contribution in [3.63, 3.8) is 0 Å². The molecule has 7 aromatic carbocycles. The van der Waals surface area contributed by atoms with Gasteiger partial charge in [0.05, 0.1) is 22.1 Å². The molecule has 0 aliphatic carbocycles. The SMILES string of the molecule is c1ccc(-c2ccc3c(c2)c2cc(-c4ccccc4)cc4c2n3-c2ccccc2C42c3ccccc3Sc3ccccc32)cc1. The molecule has 0 atom stereocenters. The third-order valence-electron chi connectivity index (χ3n) is 9.83. The van der Waals surface area contributed by atoms with E-state index in [2.05, 4.69) is 168 Å². The molecule has 45 heavy (non-hydrogen) atoms. The van der Waals surface area contributed by atoms with Gasteiger partial charge in [-0.05, 0) is 87.0 Å². The Labute approximate surface area is 266 Å². The normalized spacial score (nSPS) is 13.9. The highest BCUT2D eigenvalue weighted by Crippen LogP contribution is 2.61. The van der Waals surface area contributed by atoms with Crippen LogP contribution in [-0.4, -0.2) is 4.57 Å². The van der Waals surface area contributed by atoms with Crippen molar-refractivity contribution in [1.82, 2.24) is 4.57 Å². The van der Waals surface area contributed by atoms with Gasteiger partial charge >= 0.3 is 0 Å². The second-order valence-corrected chi connectivity index (χ2v) is 13.2. The quantitative estimate of drug-likeness (QED) is 0.194. The van der Waals surface area contributed by atoms with E-state index in [-0.39, 0.29) is 0 Å². The summed E-state index contributed by atoms with van der Waals surface area (Å²) >= 11 is 1.89. The van der Waals surface area contributed by atoms with E-state index >= 15 is 0 Å². The summed E-state index contributed by atoms with van der Waals surface area (Å²) in [6, 6.07) is 60.8. The minimum atomic E-state index is -0.468. The van der Waals surface area contributed by atoms with Gasteiger partial charge in [-0.3, -0.25) is 0 Å². The molecule has 0 fully saturated rings. The Kier molecular flexibility index (Phi) is 5.20. The molecule has 0 bridgehead atoms. The van der Waals surface area contributed by atoms with Crippen molar-refractivity contribution >= 4 is 33.6 Å². The second kappa shape index (κ2) is 9.34. The van der Waals surface area contributed by atoms with Crippen LogP contribution in [0.5, 0.6) is 0 Å². The summed E-state index contributed by atoms with van der Waals surface area (Å²) in [5.74, 6) is 0. The molecule has 0 N–H and O–H groups in total. The summed E-state index contributed by atoms with van der Waals surface area (Å²) in [5.41, 5.74) is 13.7. The van der Waals surface area contributed by atoms with E-state index in [1.165, 1.54) is 81.8 Å². The first-order valence-electron chi connectivity index (χ1n) is 15.5. The molecular formula is C43H27NS. The molecule has 1 aromatic heterocycles. The molecule has 0 saturated heterocycles. The minimum Gasteiger partial charge on any atom is -0.309 e. The van der Waals surface area contributed by atoms with Crippen molar-refractivity contribution in [2.24, 2.45) is 0 Å². The third-order valence-corrected chi connectivity index (χ3v) is 11.0. The van der Waals surface area contributed by atoms with Gasteiger partial charge in [-0.25, -0.2) is 0 Å². The van der Waals surface area contributed by atoms with E-state index < -0.39 is 5.41 Å². The molecule has 8 aromatic rings. The number of nitrogens with zero attached hydrogens (tertiary/aromatic N) is 1. The molecule has 1 spiro atoms. The first-order valence-corrected chi connectivity index (χ1v) is 16.3. The highest BCUT2D eigenvalue weighted by molar-refractivity contribution is 7.99. The monoisotopic (exact) mass is 589 g/mol. The molecule has 0 amide bonds. The zero-order valence-corrected chi connectivity index (χ0v) is 25.3. The fraction of sp³-hybridized carbons (Fsp3) is 0.0233. The fourth-order valence-corrected chi connectivity index (χ4v) is 9.19. The lowest BCUT2D eigenvalue weighted by Crippen LogP contribution is -2.37. The lowest BCUT2D eigenvalue weighted by atomic mass is 9.62. The number of benzene rings is 7. The van der Waals surface area contributed by atoms with Crippen LogP contribution in [-0.2, 0) is 5.41 Å². The Morgan fingerprint density at radius 1 is 0.400 bits per heavy atom. The predicted molar refractivity (Wildman–Crippen MR) is 188 cm³/mol. The van der Waals surface area contributed by atoms with Gasteiger partial charge in [0.2, 0.25) is 0 Å². The van der Waals surface area contributed by atoms with Gasteiger partial charge in [0.25, 0.3) is 0 Å². The topological polar surface area (TPSA) is 4.93 Å². The van der Waals surface area contributed by atoms with Gasteiger partial charge in [0, 0.05) is 20.6 Å². The van der Waals surface area contributed by atoms with Crippen LogP contribution in [0.4, 0.5) is 0 Å². The maximum Gasteiger partial charge on any atom is 0.0764 e. The van der Waals surface area contributed by atoms with Crippen molar-refractivity contribution in [2.75, 3.05) is 0 Å². The summed E-state index contributed by atoms with van der Waals surface area (Å²) < 4.78 is 2.54. The average molecular weight is 590 g/mol. The zero-order chi connectivity index (χ0) is 29.5. The number of hydrogen-bond acceptors (Lipinski definition) is 1. The fourth-order valence-electron chi connectivity index (χ4n) is 8.00. The van der Waals surface area contributed by atoms with Crippen molar-refractivity contribution in [2.45, 2.75) is 15.2 Å². The Bertz CT molecular complexity index is 2410. The van der Waals surface area contributed by atoms with Crippen LogP contribution in [0.2, 0.25) is 0 Å². The molecule has 2 aliphatic rings. The Balaban J connectivity index is 1.44. The van der Waals surface area contributed by atoms with Gasteiger partial charge in [0.1, 0.15) is 0 Å². The van der Waals surface area contributed by atoms with E-state index in [1.807, 2.05) is 11.8 Å². The lowest BCUT2D eigenvalue weighted by molar-refractivity contribution is 0.690. The third kappa shape index (κ3) is 3.35. The van der Waals surface area contributed by atoms with Crippen molar-refractivity contribution in [3.8, 4) is 27.9 Å². The molecule has 0 radical (unpaired) electrons. The Morgan fingerprint density at radius 2 is 0.956 bits per heavy atom. The summed E-state index contributed by atoms with van der Waals surface area (Å²) in [7, 11) is 0. The number of hydrogen-bond donors (Lipinski definition) is 0. The number of para-hydroxylation sites is 1. The van der Waals surface area contributed by atoms with E-state index in [0.29, 0.717) is 0 Å². The molecule has 2 aliphatic heterocycles. The summed E-state index contributed by atoms with van der Waals surface area (Å²) in [4.78, 5) is 2.64. The molecule has 0 unspecified atom stereocenters. The number of fused-ring (bicyclic) bond motifs is 11. The van der Waals surface area contributed by atoms with Crippen molar-refractivity contribution in [1.29, 1.82) is 0 Å². The van der Waals surface area contributed by atoms with Crippen LogP contribution in [0.1, 0.15) is 22.3 Å². The maximum atomic E-state index is 2.54. The first kappa shape index (κ1) is 25.1. The van der Waals surface area contributed by atoms with E-state index in [1.54, 1.807) is 0 Å². The van der Waals surface area contributed by atoms with Crippen LogP contribution >= 0.6 is 11.8 Å². The molecular weight excluding hydrogens is 563 g/mol. The number of rotatable bonds is 2. The minimum absolute atomic E-state index is 0.468. The lowest BCUT2D eigenvalue weighted by Gasteiger charge is -2.45. The van der Waals surface area contributed by atoms with Crippen LogP contribution < -0.4 is 0 Å². The van der Waals surface area contributed by atoms with Gasteiger partial charge in [-0.2, -0.15) is 0 Å². The van der Waals surface area contributed by atoms with Crippen molar-refractivity contribution in [3.05, 3.63) is 186 Å².